The van der Waals surface area contributed by atoms with Crippen LogP contribution < -0.4 is 10.9 Å². The Bertz CT molecular complexity index is 445. The van der Waals surface area contributed by atoms with Crippen LogP contribution in [0, 0.1) is 5.92 Å². The monoisotopic (exact) mass is 317 g/mol. The summed E-state index contributed by atoms with van der Waals surface area (Å²) in [7, 11) is 0. The summed E-state index contributed by atoms with van der Waals surface area (Å²) in [6, 6.07) is 0.0912. The molecule has 1 aromatic heterocycles. The summed E-state index contributed by atoms with van der Waals surface area (Å²) in [5, 5.41) is 16.1. The molecular formula is C12H20BrN3O2. The normalized spacial score (nSPS) is 12.8. The Balaban J connectivity index is 2.90. The minimum absolute atomic E-state index is 0.0912. The lowest BCUT2D eigenvalue weighted by molar-refractivity contribution is 0.282. The highest BCUT2D eigenvalue weighted by molar-refractivity contribution is 9.10. The van der Waals surface area contributed by atoms with Gasteiger partial charge in [0.15, 0.2) is 0 Å². The van der Waals surface area contributed by atoms with E-state index in [-0.39, 0.29) is 18.2 Å². The summed E-state index contributed by atoms with van der Waals surface area (Å²) in [6.07, 6.45) is 2.27. The zero-order valence-electron chi connectivity index (χ0n) is 11.0. The zero-order chi connectivity index (χ0) is 13.7. The molecule has 1 aromatic rings. The fourth-order valence-corrected chi connectivity index (χ4v) is 1.99. The van der Waals surface area contributed by atoms with Crippen LogP contribution in [-0.4, -0.2) is 27.5 Å². The average molecular weight is 318 g/mol. The number of nitrogens with one attached hydrogen (secondary N) is 1. The predicted molar refractivity (Wildman–Crippen MR) is 75.8 cm³/mol. The van der Waals surface area contributed by atoms with Gasteiger partial charge in [-0.3, -0.25) is 4.79 Å². The van der Waals surface area contributed by atoms with E-state index in [1.807, 2.05) is 20.8 Å². The van der Waals surface area contributed by atoms with Gasteiger partial charge in [-0.05, 0) is 35.2 Å². The third kappa shape index (κ3) is 4.10. The first kappa shape index (κ1) is 15.2. The highest BCUT2D eigenvalue weighted by Gasteiger charge is 2.11. The van der Waals surface area contributed by atoms with Crippen LogP contribution in [0.1, 0.15) is 27.2 Å². The van der Waals surface area contributed by atoms with Crippen LogP contribution in [0.3, 0.4) is 0 Å². The molecule has 0 aromatic carbocycles. The van der Waals surface area contributed by atoms with Gasteiger partial charge in [0.25, 0.3) is 5.56 Å². The summed E-state index contributed by atoms with van der Waals surface area (Å²) in [5.41, 5.74) is 0.533. The highest BCUT2D eigenvalue weighted by atomic mass is 79.9. The minimum Gasteiger partial charge on any atom is -0.396 e. The van der Waals surface area contributed by atoms with Gasteiger partial charge in [-0.1, -0.05) is 13.8 Å². The standard InChI is InChI=1S/C12H20BrN3O2/c1-8(2)7-16-12(18)11(13)10(6-14-16)15-9(3)4-5-17/h6,8-9,15,17H,4-5,7H2,1-3H3. The number of aliphatic hydroxyl groups excluding tert-OH is 1. The first-order chi connectivity index (χ1) is 8.45. The molecule has 0 aliphatic carbocycles. The van der Waals surface area contributed by atoms with Crippen LogP contribution in [-0.2, 0) is 6.54 Å². The molecule has 0 amide bonds. The second-order valence-electron chi connectivity index (χ2n) is 4.81. The van der Waals surface area contributed by atoms with Crippen molar-refractivity contribution in [2.75, 3.05) is 11.9 Å². The van der Waals surface area contributed by atoms with E-state index in [0.29, 0.717) is 29.0 Å². The van der Waals surface area contributed by atoms with E-state index in [9.17, 15) is 4.79 Å². The number of nitrogens with zero attached hydrogens (tertiary/aromatic N) is 2. The quantitative estimate of drug-likeness (QED) is 0.840. The highest BCUT2D eigenvalue weighted by Crippen LogP contribution is 2.17. The Morgan fingerprint density at radius 2 is 2.17 bits per heavy atom. The molecule has 0 radical (unpaired) electrons. The molecule has 0 fully saturated rings. The fourth-order valence-electron chi connectivity index (χ4n) is 1.57. The lowest BCUT2D eigenvalue weighted by atomic mass is 10.2. The van der Waals surface area contributed by atoms with Crippen LogP contribution in [0.25, 0.3) is 0 Å². The molecule has 0 bridgehead atoms. The Morgan fingerprint density at radius 3 is 2.72 bits per heavy atom. The Kier molecular flexibility index (Phi) is 5.81. The molecule has 6 heteroatoms. The molecule has 2 N–H and O–H groups in total. The third-order valence-electron chi connectivity index (χ3n) is 2.49. The summed E-state index contributed by atoms with van der Waals surface area (Å²) in [5.74, 6) is 0.370. The Labute approximate surface area is 115 Å². The number of rotatable bonds is 6. The molecule has 0 saturated carbocycles. The predicted octanol–water partition coefficient (Wildman–Crippen LogP) is 1.84. The van der Waals surface area contributed by atoms with Crippen molar-refractivity contribution in [3.05, 3.63) is 21.0 Å². The van der Waals surface area contributed by atoms with Gasteiger partial charge in [0.1, 0.15) is 4.47 Å². The van der Waals surface area contributed by atoms with E-state index in [1.54, 1.807) is 6.20 Å². The van der Waals surface area contributed by atoms with E-state index in [0.717, 1.165) is 0 Å². The molecule has 1 unspecified atom stereocenters. The molecule has 1 heterocycles. The third-order valence-corrected chi connectivity index (χ3v) is 3.25. The van der Waals surface area contributed by atoms with Crippen molar-refractivity contribution in [3.63, 3.8) is 0 Å². The van der Waals surface area contributed by atoms with E-state index in [1.165, 1.54) is 4.68 Å². The largest absolute Gasteiger partial charge is 0.396 e. The molecular weight excluding hydrogens is 298 g/mol. The molecule has 5 nitrogen and oxygen atoms in total. The Morgan fingerprint density at radius 1 is 1.50 bits per heavy atom. The van der Waals surface area contributed by atoms with Gasteiger partial charge in [0.05, 0.1) is 11.9 Å². The van der Waals surface area contributed by atoms with Crippen LogP contribution in [0.15, 0.2) is 15.5 Å². The number of hydrogen-bond donors (Lipinski definition) is 2. The van der Waals surface area contributed by atoms with Crippen molar-refractivity contribution in [2.24, 2.45) is 5.92 Å². The first-order valence-corrected chi connectivity index (χ1v) is 6.88. The molecule has 0 spiro atoms. The van der Waals surface area contributed by atoms with Gasteiger partial charge in [0.2, 0.25) is 0 Å². The van der Waals surface area contributed by atoms with Crippen molar-refractivity contribution < 1.29 is 5.11 Å². The van der Waals surface area contributed by atoms with Crippen molar-refractivity contribution in [1.29, 1.82) is 0 Å². The maximum absolute atomic E-state index is 12.0. The molecule has 18 heavy (non-hydrogen) atoms. The fraction of sp³-hybridized carbons (Fsp3) is 0.667. The molecule has 0 saturated heterocycles. The van der Waals surface area contributed by atoms with Crippen molar-refractivity contribution in [3.8, 4) is 0 Å². The first-order valence-electron chi connectivity index (χ1n) is 6.08. The molecule has 0 aliphatic heterocycles. The number of hydrogen-bond acceptors (Lipinski definition) is 4. The number of halogens is 1. The molecule has 1 rings (SSSR count). The van der Waals surface area contributed by atoms with Crippen molar-refractivity contribution in [2.45, 2.75) is 39.8 Å². The van der Waals surface area contributed by atoms with Gasteiger partial charge in [-0.2, -0.15) is 5.10 Å². The van der Waals surface area contributed by atoms with Crippen molar-refractivity contribution in [1.82, 2.24) is 9.78 Å². The maximum atomic E-state index is 12.0. The topological polar surface area (TPSA) is 67.2 Å². The SMILES string of the molecule is CC(C)Cn1ncc(NC(C)CCO)c(Br)c1=O. The van der Waals surface area contributed by atoms with Gasteiger partial charge >= 0.3 is 0 Å². The van der Waals surface area contributed by atoms with Gasteiger partial charge in [0, 0.05) is 19.2 Å². The van der Waals surface area contributed by atoms with E-state index in [2.05, 4.69) is 26.3 Å². The van der Waals surface area contributed by atoms with E-state index in [4.69, 9.17) is 5.11 Å². The summed E-state index contributed by atoms with van der Waals surface area (Å²) in [4.78, 5) is 12.0. The van der Waals surface area contributed by atoms with Crippen LogP contribution >= 0.6 is 15.9 Å². The van der Waals surface area contributed by atoms with Gasteiger partial charge < -0.3 is 10.4 Å². The summed E-state index contributed by atoms with van der Waals surface area (Å²) >= 11 is 3.30. The van der Waals surface area contributed by atoms with Crippen LogP contribution in [0.4, 0.5) is 5.69 Å². The number of aliphatic hydroxyl groups is 1. The zero-order valence-corrected chi connectivity index (χ0v) is 12.6. The van der Waals surface area contributed by atoms with E-state index < -0.39 is 0 Å². The second-order valence-corrected chi connectivity index (χ2v) is 5.60. The lowest BCUT2D eigenvalue weighted by Crippen LogP contribution is -2.27. The minimum atomic E-state index is -0.134. The van der Waals surface area contributed by atoms with Gasteiger partial charge in [-0.15, -0.1) is 0 Å². The second kappa shape index (κ2) is 6.89. The summed E-state index contributed by atoms with van der Waals surface area (Å²) < 4.78 is 1.94. The van der Waals surface area contributed by atoms with Gasteiger partial charge in [-0.25, -0.2) is 4.68 Å². The van der Waals surface area contributed by atoms with Crippen LogP contribution in [0.5, 0.6) is 0 Å². The number of anilines is 1. The number of aromatic nitrogens is 2. The molecule has 0 aliphatic rings. The smallest absolute Gasteiger partial charge is 0.283 e. The van der Waals surface area contributed by atoms with Crippen molar-refractivity contribution >= 4 is 21.6 Å². The Hall–Kier alpha value is -0.880. The lowest BCUT2D eigenvalue weighted by Gasteiger charge is -2.16. The summed E-state index contributed by atoms with van der Waals surface area (Å²) in [6.45, 7) is 6.74. The molecule has 1 atom stereocenters. The average Bonchev–Trinajstić information content (AvgIpc) is 2.29. The van der Waals surface area contributed by atoms with E-state index >= 15 is 0 Å². The maximum Gasteiger partial charge on any atom is 0.283 e. The van der Waals surface area contributed by atoms with Crippen LogP contribution in [0.2, 0.25) is 0 Å². The molecule has 102 valence electrons.